The number of amides is 3. The minimum Gasteiger partial charge on any atom is -0.376 e. The van der Waals surface area contributed by atoms with Gasteiger partial charge in [-0.1, -0.05) is 6.07 Å². The van der Waals surface area contributed by atoms with Crippen LogP contribution < -0.4 is 16.0 Å². The lowest BCUT2D eigenvalue weighted by atomic mass is 10.1. The van der Waals surface area contributed by atoms with E-state index in [1.54, 1.807) is 19.1 Å². The first-order valence-corrected chi connectivity index (χ1v) is 8.17. The Bertz CT molecular complexity index is 588. The number of urea groups is 1. The van der Waals surface area contributed by atoms with Gasteiger partial charge in [-0.2, -0.15) is 0 Å². The van der Waals surface area contributed by atoms with Crippen LogP contribution in [-0.2, 0) is 4.74 Å². The highest BCUT2D eigenvalue weighted by Crippen LogP contribution is 2.15. The molecular formula is C17H24FN3O3. The molecule has 24 heavy (non-hydrogen) atoms. The third-order valence-corrected chi connectivity index (χ3v) is 4.01. The van der Waals surface area contributed by atoms with Crippen LogP contribution >= 0.6 is 0 Å². The van der Waals surface area contributed by atoms with E-state index in [1.165, 1.54) is 6.07 Å². The van der Waals surface area contributed by atoms with Gasteiger partial charge in [-0.3, -0.25) is 4.79 Å². The predicted molar refractivity (Wildman–Crippen MR) is 88.4 cm³/mol. The van der Waals surface area contributed by atoms with E-state index in [4.69, 9.17) is 4.74 Å². The molecule has 1 aliphatic heterocycles. The van der Waals surface area contributed by atoms with Crippen LogP contribution in [0.25, 0.3) is 0 Å². The SMILES string of the molecule is Cc1ccc(C(=O)NCCNC(=O)N[C@@H](C)[C@H]2CCCO2)cc1F. The fourth-order valence-corrected chi connectivity index (χ4v) is 2.54. The summed E-state index contributed by atoms with van der Waals surface area (Å²) in [6.07, 6.45) is 2.03. The zero-order valence-corrected chi connectivity index (χ0v) is 14.0. The molecule has 1 aromatic rings. The summed E-state index contributed by atoms with van der Waals surface area (Å²) in [7, 11) is 0. The molecule has 0 saturated carbocycles. The molecule has 3 N–H and O–H groups in total. The van der Waals surface area contributed by atoms with Crippen molar-refractivity contribution in [3.8, 4) is 0 Å². The molecule has 7 heteroatoms. The first kappa shape index (κ1) is 18.2. The number of carbonyl (C=O) groups is 2. The summed E-state index contributed by atoms with van der Waals surface area (Å²) in [6, 6.07) is 3.97. The van der Waals surface area contributed by atoms with Gasteiger partial charge in [0.1, 0.15) is 5.82 Å². The molecule has 0 radical (unpaired) electrons. The van der Waals surface area contributed by atoms with Gasteiger partial charge >= 0.3 is 6.03 Å². The third-order valence-electron chi connectivity index (χ3n) is 4.01. The highest BCUT2D eigenvalue weighted by atomic mass is 19.1. The second-order valence-electron chi connectivity index (χ2n) is 5.96. The summed E-state index contributed by atoms with van der Waals surface area (Å²) >= 11 is 0. The van der Waals surface area contributed by atoms with Crippen molar-refractivity contribution in [1.29, 1.82) is 0 Å². The zero-order valence-electron chi connectivity index (χ0n) is 14.0. The molecule has 2 atom stereocenters. The molecule has 2 rings (SSSR count). The van der Waals surface area contributed by atoms with Gasteiger partial charge in [0, 0.05) is 25.3 Å². The third kappa shape index (κ3) is 5.19. The molecule has 0 bridgehead atoms. The minimum atomic E-state index is -0.414. The van der Waals surface area contributed by atoms with E-state index in [-0.39, 0.29) is 42.7 Å². The number of aryl methyl sites for hydroxylation is 1. The molecule has 1 heterocycles. The van der Waals surface area contributed by atoms with E-state index < -0.39 is 5.82 Å². The molecule has 6 nitrogen and oxygen atoms in total. The molecule has 3 amide bonds. The van der Waals surface area contributed by atoms with Crippen molar-refractivity contribution < 1.29 is 18.7 Å². The maximum absolute atomic E-state index is 13.4. The van der Waals surface area contributed by atoms with E-state index in [1.807, 2.05) is 6.92 Å². The fourth-order valence-electron chi connectivity index (χ4n) is 2.54. The predicted octanol–water partition coefficient (Wildman–Crippen LogP) is 1.73. The number of benzene rings is 1. The maximum atomic E-state index is 13.4. The van der Waals surface area contributed by atoms with Gasteiger partial charge in [-0.15, -0.1) is 0 Å². The summed E-state index contributed by atoms with van der Waals surface area (Å²) in [5.74, 6) is -0.785. The largest absolute Gasteiger partial charge is 0.376 e. The number of nitrogens with one attached hydrogen (secondary N) is 3. The van der Waals surface area contributed by atoms with Gasteiger partial charge in [0.05, 0.1) is 12.1 Å². The molecule has 0 aromatic heterocycles. The molecular weight excluding hydrogens is 313 g/mol. The number of carbonyl (C=O) groups excluding carboxylic acids is 2. The molecule has 1 aromatic carbocycles. The highest BCUT2D eigenvalue weighted by Gasteiger charge is 2.23. The monoisotopic (exact) mass is 337 g/mol. The van der Waals surface area contributed by atoms with Crippen LogP contribution in [0.1, 0.15) is 35.7 Å². The topological polar surface area (TPSA) is 79.5 Å². The fraction of sp³-hybridized carbons (Fsp3) is 0.529. The normalized spacial score (nSPS) is 18.0. The summed E-state index contributed by atoms with van der Waals surface area (Å²) in [5.41, 5.74) is 0.750. The van der Waals surface area contributed by atoms with Crippen molar-refractivity contribution in [2.24, 2.45) is 0 Å². The van der Waals surface area contributed by atoms with Crippen LogP contribution in [0.2, 0.25) is 0 Å². The average Bonchev–Trinajstić information content (AvgIpc) is 3.08. The van der Waals surface area contributed by atoms with E-state index in [0.717, 1.165) is 19.4 Å². The molecule has 1 aliphatic rings. The number of ether oxygens (including phenoxy) is 1. The van der Waals surface area contributed by atoms with Gasteiger partial charge in [0.2, 0.25) is 0 Å². The molecule has 0 spiro atoms. The van der Waals surface area contributed by atoms with Crippen molar-refractivity contribution in [3.05, 3.63) is 35.1 Å². The second kappa shape index (κ2) is 8.63. The highest BCUT2D eigenvalue weighted by molar-refractivity contribution is 5.94. The Hall–Kier alpha value is -2.15. The van der Waals surface area contributed by atoms with Gasteiger partial charge < -0.3 is 20.7 Å². The quantitative estimate of drug-likeness (QED) is 0.692. The Balaban J connectivity index is 1.65. The van der Waals surface area contributed by atoms with E-state index in [2.05, 4.69) is 16.0 Å². The maximum Gasteiger partial charge on any atom is 0.315 e. The molecule has 0 unspecified atom stereocenters. The van der Waals surface area contributed by atoms with Gasteiger partial charge in [0.25, 0.3) is 5.91 Å². The Kier molecular flexibility index (Phi) is 6.54. The Labute approximate surface area is 141 Å². The van der Waals surface area contributed by atoms with Crippen molar-refractivity contribution in [1.82, 2.24) is 16.0 Å². The lowest BCUT2D eigenvalue weighted by Crippen LogP contribution is -2.47. The van der Waals surface area contributed by atoms with Crippen LogP contribution in [-0.4, -0.2) is 43.8 Å². The lowest BCUT2D eigenvalue weighted by Gasteiger charge is -2.20. The smallest absolute Gasteiger partial charge is 0.315 e. The standard InChI is InChI=1S/C17H24FN3O3/c1-11-5-6-13(10-14(11)18)16(22)19-7-8-20-17(23)21-12(2)15-4-3-9-24-15/h5-6,10,12,15H,3-4,7-9H2,1-2H3,(H,19,22)(H2,20,21,23)/t12-,15+/m0/s1. The van der Waals surface area contributed by atoms with E-state index in [9.17, 15) is 14.0 Å². The number of hydrogen-bond acceptors (Lipinski definition) is 3. The van der Waals surface area contributed by atoms with Crippen LogP contribution in [0.4, 0.5) is 9.18 Å². The van der Waals surface area contributed by atoms with Crippen LogP contribution in [0.5, 0.6) is 0 Å². The molecule has 1 fully saturated rings. The van der Waals surface area contributed by atoms with Crippen molar-refractivity contribution in [2.75, 3.05) is 19.7 Å². The van der Waals surface area contributed by atoms with Crippen LogP contribution in [0, 0.1) is 12.7 Å². The van der Waals surface area contributed by atoms with Gasteiger partial charge in [0.15, 0.2) is 0 Å². The summed E-state index contributed by atoms with van der Waals surface area (Å²) < 4.78 is 18.9. The van der Waals surface area contributed by atoms with Crippen LogP contribution in [0.15, 0.2) is 18.2 Å². The van der Waals surface area contributed by atoms with Gasteiger partial charge in [-0.05, 0) is 44.4 Å². The Morgan fingerprint density at radius 3 is 2.75 bits per heavy atom. The molecule has 0 aliphatic carbocycles. The van der Waals surface area contributed by atoms with Gasteiger partial charge in [-0.25, -0.2) is 9.18 Å². The first-order valence-electron chi connectivity index (χ1n) is 8.17. The van der Waals surface area contributed by atoms with Crippen LogP contribution in [0.3, 0.4) is 0 Å². The average molecular weight is 337 g/mol. The number of hydrogen-bond donors (Lipinski definition) is 3. The summed E-state index contributed by atoms with van der Waals surface area (Å²) in [5, 5.41) is 8.12. The lowest BCUT2D eigenvalue weighted by molar-refractivity contribution is 0.0860. The van der Waals surface area contributed by atoms with E-state index in [0.29, 0.717) is 5.56 Å². The van der Waals surface area contributed by atoms with Crippen molar-refractivity contribution in [3.63, 3.8) is 0 Å². The summed E-state index contributed by atoms with van der Waals surface area (Å²) in [4.78, 5) is 23.6. The number of rotatable bonds is 6. The van der Waals surface area contributed by atoms with Crippen molar-refractivity contribution >= 4 is 11.9 Å². The van der Waals surface area contributed by atoms with E-state index >= 15 is 0 Å². The summed E-state index contributed by atoms with van der Waals surface area (Å²) in [6.45, 7) is 4.82. The molecule has 1 saturated heterocycles. The minimum absolute atomic E-state index is 0.0578. The second-order valence-corrected chi connectivity index (χ2v) is 5.96. The van der Waals surface area contributed by atoms with Crippen molar-refractivity contribution in [2.45, 2.75) is 38.8 Å². The Morgan fingerprint density at radius 2 is 2.08 bits per heavy atom. The molecule has 132 valence electrons. The number of halogens is 1. The zero-order chi connectivity index (χ0) is 17.5. The first-order chi connectivity index (χ1) is 11.5. The Morgan fingerprint density at radius 1 is 1.33 bits per heavy atom.